The molecule has 6 nitrogen and oxygen atoms in total. The third-order valence-corrected chi connectivity index (χ3v) is 2.74. The van der Waals surface area contributed by atoms with E-state index in [0.717, 1.165) is 19.1 Å². The van der Waals surface area contributed by atoms with Crippen LogP contribution in [0.3, 0.4) is 0 Å². The predicted octanol–water partition coefficient (Wildman–Crippen LogP) is 1.18. The zero-order valence-corrected chi connectivity index (χ0v) is 8.34. The van der Waals surface area contributed by atoms with Crippen molar-refractivity contribution in [1.29, 1.82) is 0 Å². The van der Waals surface area contributed by atoms with E-state index >= 15 is 0 Å². The van der Waals surface area contributed by atoms with E-state index in [0.29, 0.717) is 17.9 Å². The predicted molar refractivity (Wildman–Crippen MR) is 51.7 cm³/mol. The van der Waals surface area contributed by atoms with Gasteiger partial charge in [0.25, 0.3) is 0 Å². The first-order valence-electron chi connectivity index (χ1n) is 4.82. The lowest BCUT2D eigenvalue weighted by molar-refractivity contribution is -0.390. The minimum absolute atomic E-state index is 0.0981. The summed E-state index contributed by atoms with van der Waals surface area (Å²) in [6, 6.07) is -0.282. The normalized spacial score (nSPS) is 19.7. The molecule has 1 atom stereocenters. The Hall–Kier alpha value is -1.72. The molecule has 0 radical (unpaired) electrons. The Kier molecular flexibility index (Phi) is 2.26. The van der Waals surface area contributed by atoms with Gasteiger partial charge in [0.15, 0.2) is 0 Å². The highest BCUT2D eigenvalue weighted by Gasteiger charge is 2.31. The van der Waals surface area contributed by atoms with Gasteiger partial charge in [0.1, 0.15) is 12.0 Å². The van der Waals surface area contributed by atoms with Crippen LogP contribution in [-0.4, -0.2) is 20.8 Å². The van der Waals surface area contributed by atoms with Gasteiger partial charge in [-0.15, -0.1) is 0 Å². The van der Waals surface area contributed by atoms with E-state index in [4.69, 9.17) is 0 Å². The van der Waals surface area contributed by atoms with Crippen LogP contribution in [0.15, 0.2) is 0 Å². The molecule has 0 aromatic carbocycles. The number of rotatable bonds is 2. The van der Waals surface area contributed by atoms with Gasteiger partial charge in [-0.3, -0.25) is 4.57 Å². The van der Waals surface area contributed by atoms with Crippen LogP contribution in [0.2, 0.25) is 0 Å². The number of carbonyl (C=O) groups excluding carboxylic acids is 1. The molecule has 0 spiro atoms. The van der Waals surface area contributed by atoms with Gasteiger partial charge in [-0.05, 0) is 29.2 Å². The fourth-order valence-corrected chi connectivity index (χ4v) is 2.13. The summed E-state index contributed by atoms with van der Waals surface area (Å²) >= 11 is 0. The Labute approximate surface area is 86.1 Å². The van der Waals surface area contributed by atoms with Crippen LogP contribution in [0.1, 0.15) is 30.4 Å². The number of fused-ring (bicyclic) bond motifs is 1. The summed E-state index contributed by atoms with van der Waals surface area (Å²) in [6.45, 7) is 1.69. The minimum atomic E-state index is -0.480. The summed E-state index contributed by atoms with van der Waals surface area (Å²) in [6.07, 6.45) is 3.00. The Bertz CT molecular complexity index is 424. The summed E-state index contributed by atoms with van der Waals surface area (Å²) in [7, 11) is 0. The molecule has 0 bridgehead atoms. The molecule has 1 aliphatic heterocycles. The Balaban J connectivity index is 2.58. The smallest absolute Gasteiger partial charge is 0.358 e. The number of nitrogens with zero attached hydrogens (tertiary/aromatic N) is 3. The lowest BCUT2D eigenvalue weighted by Crippen LogP contribution is -2.20. The molecule has 0 amide bonds. The van der Waals surface area contributed by atoms with E-state index in [-0.39, 0.29) is 11.9 Å². The highest BCUT2D eigenvalue weighted by Crippen LogP contribution is 2.30. The molecule has 1 aliphatic rings. The number of carbonyl (C=O) groups is 1. The highest BCUT2D eigenvalue weighted by molar-refractivity contribution is 5.57. The van der Waals surface area contributed by atoms with Gasteiger partial charge in [0, 0.05) is 6.92 Å². The molecule has 1 unspecified atom stereocenters. The number of aldehydes is 1. The SMILES string of the molecule is Cc1nc([N+](=O)[O-])c2n1C(C=O)CCC2. The van der Waals surface area contributed by atoms with Crippen LogP contribution in [0.5, 0.6) is 0 Å². The Morgan fingerprint density at radius 2 is 2.40 bits per heavy atom. The molecule has 15 heavy (non-hydrogen) atoms. The average molecular weight is 209 g/mol. The number of aryl methyl sites for hydroxylation is 1. The van der Waals surface area contributed by atoms with Crippen molar-refractivity contribution >= 4 is 12.1 Å². The molecular formula is C9H11N3O3. The molecule has 2 heterocycles. The van der Waals surface area contributed by atoms with Gasteiger partial charge in [0.05, 0.1) is 6.04 Å². The molecule has 0 N–H and O–H groups in total. The van der Waals surface area contributed by atoms with E-state index in [1.165, 1.54) is 0 Å². The maximum atomic E-state index is 10.8. The molecule has 2 rings (SSSR count). The van der Waals surface area contributed by atoms with Gasteiger partial charge >= 0.3 is 5.82 Å². The van der Waals surface area contributed by atoms with E-state index in [2.05, 4.69) is 4.98 Å². The first-order valence-corrected chi connectivity index (χ1v) is 4.82. The third kappa shape index (κ3) is 1.42. The second-order valence-electron chi connectivity index (χ2n) is 3.65. The van der Waals surface area contributed by atoms with Crippen LogP contribution >= 0.6 is 0 Å². The van der Waals surface area contributed by atoms with Gasteiger partial charge in [-0.2, -0.15) is 0 Å². The number of aromatic nitrogens is 2. The van der Waals surface area contributed by atoms with Crippen molar-refractivity contribution in [3.05, 3.63) is 21.6 Å². The van der Waals surface area contributed by atoms with Crippen molar-refractivity contribution in [2.24, 2.45) is 0 Å². The molecule has 0 fully saturated rings. The van der Waals surface area contributed by atoms with Gasteiger partial charge < -0.3 is 14.9 Å². The van der Waals surface area contributed by atoms with Gasteiger partial charge in [0.2, 0.25) is 5.82 Å². The molecule has 80 valence electrons. The topological polar surface area (TPSA) is 78.0 Å². The van der Waals surface area contributed by atoms with E-state index in [9.17, 15) is 14.9 Å². The standard InChI is InChI=1S/C9H11N3O3/c1-6-10-9(12(14)15)8-4-2-3-7(5-13)11(6)8/h5,7H,2-4H2,1H3. The van der Waals surface area contributed by atoms with Crippen molar-refractivity contribution in [3.8, 4) is 0 Å². The minimum Gasteiger partial charge on any atom is -0.358 e. The molecule has 0 saturated carbocycles. The molecular weight excluding hydrogens is 198 g/mol. The summed E-state index contributed by atoms with van der Waals surface area (Å²) in [5.41, 5.74) is 0.584. The lowest BCUT2D eigenvalue weighted by Gasteiger charge is -2.20. The van der Waals surface area contributed by atoms with Crippen LogP contribution in [0.25, 0.3) is 0 Å². The maximum absolute atomic E-state index is 10.8. The lowest BCUT2D eigenvalue weighted by atomic mass is 10.0. The first-order chi connectivity index (χ1) is 7.15. The first kappa shape index (κ1) is 9.82. The number of nitro groups is 1. The maximum Gasteiger partial charge on any atom is 0.385 e. The van der Waals surface area contributed by atoms with Gasteiger partial charge in [-0.25, -0.2) is 0 Å². The summed E-state index contributed by atoms with van der Waals surface area (Å²) < 4.78 is 1.69. The Morgan fingerprint density at radius 3 is 3.00 bits per heavy atom. The van der Waals surface area contributed by atoms with Crippen LogP contribution in [0.4, 0.5) is 5.82 Å². The van der Waals surface area contributed by atoms with Crippen LogP contribution in [0, 0.1) is 17.0 Å². The van der Waals surface area contributed by atoms with E-state index < -0.39 is 4.92 Å². The largest absolute Gasteiger partial charge is 0.385 e. The number of imidazole rings is 1. The zero-order chi connectivity index (χ0) is 11.0. The zero-order valence-electron chi connectivity index (χ0n) is 8.34. The summed E-state index contributed by atoms with van der Waals surface area (Å²) in [5, 5.41) is 10.7. The molecule has 1 aromatic heterocycles. The van der Waals surface area contributed by atoms with Crippen LogP contribution in [-0.2, 0) is 11.2 Å². The number of hydrogen-bond acceptors (Lipinski definition) is 4. The number of hydrogen-bond donors (Lipinski definition) is 0. The van der Waals surface area contributed by atoms with Gasteiger partial charge in [-0.1, -0.05) is 0 Å². The van der Waals surface area contributed by atoms with E-state index in [1.807, 2.05) is 0 Å². The van der Waals surface area contributed by atoms with E-state index in [1.54, 1.807) is 11.5 Å². The molecule has 0 saturated heterocycles. The highest BCUT2D eigenvalue weighted by atomic mass is 16.6. The van der Waals surface area contributed by atoms with Crippen LogP contribution < -0.4 is 0 Å². The second kappa shape index (κ2) is 3.45. The van der Waals surface area contributed by atoms with Crippen molar-refractivity contribution in [2.45, 2.75) is 32.2 Å². The quantitative estimate of drug-likeness (QED) is 0.416. The summed E-state index contributed by atoms with van der Waals surface area (Å²) in [5.74, 6) is 0.451. The molecule has 1 aromatic rings. The fraction of sp³-hybridized carbons (Fsp3) is 0.556. The van der Waals surface area contributed by atoms with Crippen molar-refractivity contribution in [2.75, 3.05) is 0 Å². The average Bonchev–Trinajstić information content (AvgIpc) is 2.56. The van der Waals surface area contributed by atoms with Crippen molar-refractivity contribution in [1.82, 2.24) is 9.55 Å². The Morgan fingerprint density at radius 1 is 1.67 bits per heavy atom. The van der Waals surface area contributed by atoms with Crippen molar-refractivity contribution in [3.63, 3.8) is 0 Å². The molecule has 0 aliphatic carbocycles. The third-order valence-electron chi connectivity index (χ3n) is 2.74. The second-order valence-corrected chi connectivity index (χ2v) is 3.65. The molecule has 6 heteroatoms. The monoisotopic (exact) mass is 209 g/mol. The summed E-state index contributed by atoms with van der Waals surface area (Å²) in [4.78, 5) is 25.0. The van der Waals surface area contributed by atoms with Crippen molar-refractivity contribution < 1.29 is 9.72 Å². The fourth-order valence-electron chi connectivity index (χ4n) is 2.13.